The molecule has 3 N–H and O–H groups in total. The second kappa shape index (κ2) is 4.09. The van der Waals surface area contributed by atoms with Crippen LogP contribution in [0.4, 0.5) is 0 Å². The first-order chi connectivity index (χ1) is 6.10. The van der Waals surface area contributed by atoms with Crippen LogP contribution < -0.4 is 11.1 Å². The zero-order valence-corrected chi connectivity index (χ0v) is 8.60. The van der Waals surface area contributed by atoms with Gasteiger partial charge in [-0.2, -0.15) is 0 Å². The van der Waals surface area contributed by atoms with Crippen LogP contribution >= 0.6 is 0 Å². The lowest BCUT2D eigenvalue weighted by atomic mass is 9.68. The molecule has 0 aliphatic heterocycles. The molecule has 3 heteroatoms. The van der Waals surface area contributed by atoms with Crippen LogP contribution in [0.15, 0.2) is 0 Å². The lowest BCUT2D eigenvalue weighted by Crippen LogP contribution is -2.50. The maximum atomic E-state index is 11.7. The highest BCUT2D eigenvalue weighted by atomic mass is 16.2. The van der Waals surface area contributed by atoms with Gasteiger partial charge in [0.05, 0.1) is 5.41 Å². The first-order valence-corrected chi connectivity index (χ1v) is 5.09. The fourth-order valence-corrected chi connectivity index (χ4v) is 1.61. The summed E-state index contributed by atoms with van der Waals surface area (Å²) in [4.78, 5) is 11.7. The standard InChI is InChI=1S/C10H20N2O/c1-8(2)6-12-9(13)10(7-11)4-3-5-10/h8H,3-7,11H2,1-2H3,(H,12,13). The van der Waals surface area contributed by atoms with Gasteiger partial charge in [-0.05, 0) is 18.8 Å². The average Bonchev–Trinajstić information content (AvgIpc) is 2.00. The van der Waals surface area contributed by atoms with Crippen LogP contribution in [-0.2, 0) is 4.79 Å². The summed E-state index contributed by atoms with van der Waals surface area (Å²) in [6.45, 7) is 5.45. The van der Waals surface area contributed by atoms with Crippen molar-refractivity contribution in [1.82, 2.24) is 5.32 Å². The predicted octanol–water partition coefficient (Wildman–Crippen LogP) is 0.888. The summed E-state index contributed by atoms with van der Waals surface area (Å²) in [6.07, 6.45) is 3.08. The molecule has 0 heterocycles. The van der Waals surface area contributed by atoms with Gasteiger partial charge in [-0.3, -0.25) is 4.79 Å². The zero-order chi connectivity index (χ0) is 9.90. The van der Waals surface area contributed by atoms with Gasteiger partial charge in [0, 0.05) is 13.1 Å². The highest BCUT2D eigenvalue weighted by molar-refractivity contribution is 5.83. The fourth-order valence-electron chi connectivity index (χ4n) is 1.61. The summed E-state index contributed by atoms with van der Waals surface area (Å²) < 4.78 is 0. The second-order valence-electron chi connectivity index (χ2n) is 4.44. The van der Waals surface area contributed by atoms with Gasteiger partial charge in [0.1, 0.15) is 0 Å². The highest BCUT2D eigenvalue weighted by Gasteiger charge is 2.42. The van der Waals surface area contributed by atoms with E-state index in [0.717, 1.165) is 25.8 Å². The van der Waals surface area contributed by atoms with Gasteiger partial charge in [0.2, 0.25) is 5.91 Å². The molecular weight excluding hydrogens is 164 g/mol. The minimum absolute atomic E-state index is 0.162. The molecule has 0 spiro atoms. The van der Waals surface area contributed by atoms with Crippen LogP contribution in [0.5, 0.6) is 0 Å². The van der Waals surface area contributed by atoms with Crippen molar-refractivity contribution in [2.45, 2.75) is 33.1 Å². The number of nitrogens with two attached hydrogens (primary N) is 1. The number of carbonyl (C=O) groups is 1. The molecule has 13 heavy (non-hydrogen) atoms. The molecule has 1 aliphatic rings. The minimum atomic E-state index is -0.213. The Morgan fingerprint density at radius 3 is 2.46 bits per heavy atom. The summed E-state index contributed by atoms with van der Waals surface area (Å²) in [6, 6.07) is 0. The molecule has 0 bridgehead atoms. The lowest BCUT2D eigenvalue weighted by Gasteiger charge is -2.39. The quantitative estimate of drug-likeness (QED) is 0.681. The third kappa shape index (κ3) is 2.21. The molecule has 0 aromatic heterocycles. The van der Waals surface area contributed by atoms with Gasteiger partial charge in [0.15, 0.2) is 0 Å². The topological polar surface area (TPSA) is 55.1 Å². The Morgan fingerprint density at radius 1 is 1.54 bits per heavy atom. The van der Waals surface area contributed by atoms with E-state index in [9.17, 15) is 4.79 Å². The van der Waals surface area contributed by atoms with E-state index in [2.05, 4.69) is 19.2 Å². The molecule has 0 unspecified atom stereocenters. The normalized spacial score (nSPS) is 19.7. The van der Waals surface area contributed by atoms with E-state index < -0.39 is 0 Å². The Labute approximate surface area is 80.1 Å². The molecule has 3 nitrogen and oxygen atoms in total. The van der Waals surface area contributed by atoms with Crippen molar-refractivity contribution in [3.63, 3.8) is 0 Å². The Morgan fingerprint density at radius 2 is 2.15 bits per heavy atom. The lowest BCUT2D eigenvalue weighted by molar-refractivity contribution is -0.135. The molecule has 0 saturated heterocycles. The fraction of sp³-hybridized carbons (Fsp3) is 0.900. The number of amides is 1. The Bertz CT molecular complexity index is 180. The third-order valence-corrected chi connectivity index (χ3v) is 2.85. The Hall–Kier alpha value is -0.570. The van der Waals surface area contributed by atoms with Crippen molar-refractivity contribution in [2.24, 2.45) is 17.1 Å². The average molecular weight is 184 g/mol. The largest absolute Gasteiger partial charge is 0.355 e. The van der Waals surface area contributed by atoms with Gasteiger partial charge in [0.25, 0.3) is 0 Å². The molecule has 76 valence electrons. The Kier molecular flexibility index (Phi) is 3.31. The number of nitrogens with one attached hydrogen (secondary N) is 1. The number of carbonyl (C=O) groups excluding carboxylic acids is 1. The molecular formula is C10H20N2O. The van der Waals surface area contributed by atoms with Gasteiger partial charge in [-0.1, -0.05) is 20.3 Å². The maximum Gasteiger partial charge on any atom is 0.227 e. The summed E-state index contributed by atoms with van der Waals surface area (Å²) >= 11 is 0. The van der Waals surface area contributed by atoms with E-state index in [1.54, 1.807) is 0 Å². The smallest absolute Gasteiger partial charge is 0.227 e. The summed E-state index contributed by atoms with van der Waals surface area (Å²) in [5, 5.41) is 2.96. The van der Waals surface area contributed by atoms with Crippen molar-refractivity contribution in [3.05, 3.63) is 0 Å². The molecule has 1 aliphatic carbocycles. The van der Waals surface area contributed by atoms with E-state index in [1.807, 2.05) is 0 Å². The first kappa shape index (κ1) is 10.5. The van der Waals surface area contributed by atoms with E-state index in [-0.39, 0.29) is 11.3 Å². The van der Waals surface area contributed by atoms with E-state index in [0.29, 0.717) is 12.5 Å². The third-order valence-electron chi connectivity index (χ3n) is 2.85. The van der Waals surface area contributed by atoms with Crippen LogP contribution in [0.2, 0.25) is 0 Å². The molecule has 1 saturated carbocycles. The Balaban J connectivity index is 2.37. The van der Waals surface area contributed by atoms with Crippen LogP contribution in [0.1, 0.15) is 33.1 Å². The molecule has 1 amide bonds. The van der Waals surface area contributed by atoms with E-state index >= 15 is 0 Å². The molecule has 0 radical (unpaired) electrons. The molecule has 0 atom stereocenters. The molecule has 0 aromatic carbocycles. The maximum absolute atomic E-state index is 11.7. The second-order valence-corrected chi connectivity index (χ2v) is 4.44. The van der Waals surface area contributed by atoms with Gasteiger partial charge in [-0.25, -0.2) is 0 Å². The summed E-state index contributed by atoms with van der Waals surface area (Å²) in [7, 11) is 0. The van der Waals surface area contributed by atoms with Crippen molar-refractivity contribution in [1.29, 1.82) is 0 Å². The summed E-state index contributed by atoms with van der Waals surface area (Å²) in [5.41, 5.74) is 5.40. The number of rotatable bonds is 4. The van der Waals surface area contributed by atoms with Crippen molar-refractivity contribution in [2.75, 3.05) is 13.1 Å². The van der Waals surface area contributed by atoms with Crippen LogP contribution in [0, 0.1) is 11.3 Å². The number of hydrogen-bond acceptors (Lipinski definition) is 2. The van der Waals surface area contributed by atoms with E-state index in [4.69, 9.17) is 5.73 Å². The van der Waals surface area contributed by atoms with Gasteiger partial charge < -0.3 is 11.1 Å². The molecule has 0 aromatic rings. The molecule has 1 rings (SSSR count). The van der Waals surface area contributed by atoms with Crippen molar-refractivity contribution < 1.29 is 4.79 Å². The monoisotopic (exact) mass is 184 g/mol. The van der Waals surface area contributed by atoms with Crippen LogP contribution in [-0.4, -0.2) is 19.0 Å². The van der Waals surface area contributed by atoms with Crippen LogP contribution in [0.3, 0.4) is 0 Å². The molecule has 1 fully saturated rings. The highest BCUT2D eigenvalue weighted by Crippen LogP contribution is 2.39. The van der Waals surface area contributed by atoms with Crippen molar-refractivity contribution >= 4 is 5.91 Å². The van der Waals surface area contributed by atoms with Crippen molar-refractivity contribution in [3.8, 4) is 0 Å². The van der Waals surface area contributed by atoms with E-state index in [1.165, 1.54) is 0 Å². The first-order valence-electron chi connectivity index (χ1n) is 5.09. The van der Waals surface area contributed by atoms with Gasteiger partial charge in [-0.15, -0.1) is 0 Å². The zero-order valence-electron chi connectivity index (χ0n) is 8.60. The predicted molar refractivity (Wildman–Crippen MR) is 53.2 cm³/mol. The van der Waals surface area contributed by atoms with Gasteiger partial charge >= 0.3 is 0 Å². The van der Waals surface area contributed by atoms with Crippen LogP contribution in [0.25, 0.3) is 0 Å². The summed E-state index contributed by atoms with van der Waals surface area (Å²) in [5.74, 6) is 0.675. The SMILES string of the molecule is CC(C)CNC(=O)C1(CN)CCC1. The minimum Gasteiger partial charge on any atom is -0.355 e. The number of hydrogen-bond donors (Lipinski definition) is 2.